The van der Waals surface area contributed by atoms with Gasteiger partial charge in [-0.15, -0.1) is 0 Å². The summed E-state index contributed by atoms with van der Waals surface area (Å²) >= 11 is 0. The van der Waals surface area contributed by atoms with Crippen molar-refractivity contribution >= 4 is 5.97 Å². The topological polar surface area (TPSA) is 26.3 Å². The Morgan fingerprint density at radius 1 is 1.31 bits per heavy atom. The zero-order chi connectivity index (χ0) is 12.3. The van der Waals surface area contributed by atoms with Gasteiger partial charge in [0.15, 0.2) is 0 Å². The second-order valence-electron chi connectivity index (χ2n) is 3.34. The number of ether oxygens (including phenoxy) is 1. The van der Waals surface area contributed by atoms with Crippen molar-refractivity contribution < 1.29 is 22.7 Å². The zero-order valence-corrected chi connectivity index (χ0v) is 8.84. The maximum Gasteiger partial charge on any atom is 0.416 e. The van der Waals surface area contributed by atoms with Gasteiger partial charge < -0.3 is 4.74 Å². The quantitative estimate of drug-likeness (QED) is 0.731. The van der Waals surface area contributed by atoms with Crippen molar-refractivity contribution in [3.63, 3.8) is 0 Å². The maximum absolute atomic E-state index is 12.6. The lowest BCUT2D eigenvalue weighted by Crippen LogP contribution is -2.13. The van der Waals surface area contributed by atoms with Crippen LogP contribution in [-0.2, 0) is 15.7 Å². The van der Waals surface area contributed by atoms with Crippen LogP contribution in [0, 0.1) is 0 Å². The summed E-state index contributed by atoms with van der Waals surface area (Å²) in [5, 5.41) is 0. The number of rotatable bonds is 2. The van der Waals surface area contributed by atoms with Gasteiger partial charge in [-0.3, -0.25) is 4.79 Å². The second-order valence-corrected chi connectivity index (χ2v) is 3.34. The van der Waals surface area contributed by atoms with E-state index in [0.717, 1.165) is 13.0 Å². The van der Waals surface area contributed by atoms with E-state index in [0.29, 0.717) is 0 Å². The third kappa shape index (κ3) is 2.98. The summed E-state index contributed by atoms with van der Waals surface area (Å²) in [6.45, 7) is 2.57. The van der Waals surface area contributed by atoms with E-state index in [2.05, 4.69) is 0 Å². The van der Waals surface area contributed by atoms with E-state index < -0.39 is 23.8 Å². The van der Waals surface area contributed by atoms with Crippen molar-refractivity contribution in [2.24, 2.45) is 0 Å². The monoisotopic (exact) mass is 232 g/mol. The fourth-order valence-corrected chi connectivity index (χ4v) is 1.42. The molecule has 0 saturated heterocycles. The molecule has 0 amide bonds. The first-order valence-electron chi connectivity index (χ1n) is 4.65. The molecule has 0 aliphatic carbocycles. The van der Waals surface area contributed by atoms with Crippen LogP contribution in [0.25, 0.3) is 0 Å². The van der Waals surface area contributed by atoms with Crippen LogP contribution >= 0.6 is 0 Å². The molecule has 16 heavy (non-hydrogen) atoms. The van der Waals surface area contributed by atoms with E-state index in [1.54, 1.807) is 0 Å². The van der Waals surface area contributed by atoms with E-state index in [9.17, 15) is 18.0 Å². The van der Waals surface area contributed by atoms with Crippen molar-refractivity contribution in [3.8, 4) is 0 Å². The van der Waals surface area contributed by atoms with Crippen LogP contribution < -0.4 is 0 Å². The summed E-state index contributed by atoms with van der Waals surface area (Å²) in [6, 6.07) is 5.04. The average Bonchev–Trinajstić information content (AvgIpc) is 2.15. The lowest BCUT2D eigenvalue weighted by atomic mass is 10.0. The van der Waals surface area contributed by atoms with Crippen LogP contribution in [-0.4, -0.2) is 5.97 Å². The largest absolute Gasteiger partial charge is 0.458 e. The minimum absolute atomic E-state index is 0.0369. The number of halogens is 3. The highest BCUT2D eigenvalue weighted by Crippen LogP contribution is 2.35. The number of esters is 1. The zero-order valence-electron chi connectivity index (χ0n) is 8.84. The fourth-order valence-electron chi connectivity index (χ4n) is 1.42. The van der Waals surface area contributed by atoms with Crippen molar-refractivity contribution in [2.75, 3.05) is 0 Å². The average molecular weight is 232 g/mol. The molecule has 0 N–H and O–H groups in total. The molecule has 88 valence electrons. The van der Waals surface area contributed by atoms with E-state index in [-0.39, 0.29) is 5.56 Å². The Bertz CT molecular complexity index is 385. The second kappa shape index (κ2) is 4.55. The van der Waals surface area contributed by atoms with Crippen molar-refractivity contribution in [2.45, 2.75) is 26.1 Å². The van der Waals surface area contributed by atoms with E-state index >= 15 is 0 Å². The van der Waals surface area contributed by atoms with Crippen LogP contribution in [0.5, 0.6) is 0 Å². The molecule has 1 atom stereocenters. The Hall–Kier alpha value is -1.52. The minimum atomic E-state index is -4.44. The van der Waals surface area contributed by atoms with Gasteiger partial charge in [0.2, 0.25) is 0 Å². The molecule has 0 heterocycles. The van der Waals surface area contributed by atoms with Gasteiger partial charge in [0, 0.05) is 12.5 Å². The maximum atomic E-state index is 12.6. The smallest absolute Gasteiger partial charge is 0.416 e. The number of alkyl halides is 3. The highest BCUT2D eigenvalue weighted by Gasteiger charge is 2.34. The van der Waals surface area contributed by atoms with Gasteiger partial charge >= 0.3 is 12.1 Å². The van der Waals surface area contributed by atoms with Gasteiger partial charge in [-0.2, -0.15) is 13.2 Å². The molecule has 0 spiro atoms. The minimum Gasteiger partial charge on any atom is -0.458 e. The van der Waals surface area contributed by atoms with Gasteiger partial charge in [0.25, 0.3) is 0 Å². The summed E-state index contributed by atoms with van der Waals surface area (Å²) in [5.74, 6) is -0.607. The number of hydrogen-bond acceptors (Lipinski definition) is 2. The van der Waals surface area contributed by atoms with Crippen LogP contribution in [0.3, 0.4) is 0 Å². The van der Waals surface area contributed by atoms with E-state index in [1.165, 1.54) is 25.1 Å². The first-order chi connectivity index (χ1) is 7.32. The van der Waals surface area contributed by atoms with Crippen molar-refractivity contribution in [1.82, 2.24) is 0 Å². The van der Waals surface area contributed by atoms with Crippen LogP contribution in [0.2, 0.25) is 0 Å². The molecule has 0 aliphatic heterocycles. The Balaban J connectivity index is 3.08. The molecular weight excluding hydrogens is 221 g/mol. The van der Waals surface area contributed by atoms with Crippen molar-refractivity contribution in [1.29, 1.82) is 0 Å². The molecule has 0 aromatic heterocycles. The molecule has 2 nitrogen and oxygen atoms in total. The Morgan fingerprint density at radius 2 is 1.88 bits per heavy atom. The molecular formula is C11H11F3O2. The molecule has 0 fully saturated rings. The normalized spacial score (nSPS) is 13.3. The molecule has 0 unspecified atom stereocenters. The highest BCUT2D eigenvalue weighted by molar-refractivity contribution is 5.66. The standard InChI is InChI=1S/C11H11F3O2/c1-7(16-8(2)15)9-5-3-4-6-10(9)11(12,13)14/h3-7H,1-2H3/t7-/m0/s1. The number of carbonyl (C=O) groups is 1. The fraction of sp³-hybridized carbons (Fsp3) is 0.364. The lowest BCUT2D eigenvalue weighted by Gasteiger charge is -2.17. The Morgan fingerprint density at radius 3 is 2.38 bits per heavy atom. The summed E-state index contributed by atoms with van der Waals surface area (Å²) in [4.78, 5) is 10.7. The molecule has 0 aliphatic rings. The predicted molar refractivity (Wildman–Crippen MR) is 51.6 cm³/mol. The number of benzene rings is 1. The van der Waals surface area contributed by atoms with Crippen LogP contribution in [0.1, 0.15) is 31.1 Å². The van der Waals surface area contributed by atoms with Gasteiger partial charge in [-0.05, 0) is 13.0 Å². The SMILES string of the molecule is CC(=O)O[C@@H](C)c1ccccc1C(F)(F)F. The molecule has 0 saturated carbocycles. The summed E-state index contributed by atoms with van der Waals surface area (Å²) in [6.07, 6.45) is -5.35. The predicted octanol–water partition coefficient (Wildman–Crippen LogP) is 3.33. The van der Waals surface area contributed by atoms with Gasteiger partial charge in [-0.25, -0.2) is 0 Å². The Kier molecular flexibility index (Phi) is 3.57. The molecule has 1 aromatic carbocycles. The van der Waals surface area contributed by atoms with Crippen LogP contribution in [0.15, 0.2) is 24.3 Å². The van der Waals surface area contributed by atoms with E-state index in [1.807, 2.05) is 0 Å². The number of carbonyl (C=O) groups excluding carboxylic acids is 1. The van der Waals surface area contributed by atoms with E-state index in [4.69, 9.17) is 4.74 Å². The Labute approximate surface area is 91.0 Å². The summed E-state index contributed by atoms with van der Waals surface area (Å²) in [7, 11) is 0. The first-order valence-corrected chi connectivity index (χ1v) is 4.65. The number of hydrogen-bond donors (Lipinski definition) is 0. The molecule has 0 radical (unpaired) electrons. The summed E-state index contributed by atoms with van der Waals surface area (Å²) < 4.78 is 42.6. The third-order valence-corrected chi connectivity index (χ3v) is 2.05. The van der Waals surface area contributed by atoms with Gasteiger partial charge in [-0.1, -0.05) is 18.2 Å². The lowest BCUT2D eigenvalue weighted by molar-refractivity contribution is -0.149. The van der Waals surface area contributed by atoms with Gasteiger partial charge in [0.1, 0.15) is 6.10 Å². The molecule has 5 heteroatoms. The van der Waals surface area contributed by atoms with Crippen LogP contribution in [0.4, 0.5) is 13.2 Å². The highest BCUT2D eigenvalue weighted by atomic mass is 19.4. The van der Waals surface area contributed by atoms with Crippen molar-refractivity contribution in [3.05, 3.63) is 35.4 Å². The molecule has 1 aromatic rings. The molecule has 0 bridgehead atoms. The van der Waals surface area contributed by atoms with Gasteiger partial charge in [0.05, 0.1) is 5.56 Å². The molecule has 1 rings (SSSR count). The first kappa shape index (κ1) is 12.5. The summed E-state index contributed by atoms with van der Waals surface area (Å²) in [5.41, 5.74) is -0.811. The third-order valence-electron chi connectivity index (χ3n) is 2.05.